The molecule has 0 radical (unpaired) electrons. The molecule has 7 heteroatoms. The number of carboxylic acid groups (broad SMARTS) is 1. The predicted octanol–water partition coefficient (Wildman–Crippen LogP) is 0.970. The molecule has 2 amide bonds. The van der Waals surface area contributed by atoms with Crippen LogP contribution in [0.1, 0.15) is 32.1 Å². The van der Waals surface area contributed by atoms with Crippen LogP contribution in [0.25, 0.3) is 0 Å². The summed E-state index contributed by atoms with van der Waals surface area (Å²) in [6, 6.07) is -0.394. The van der Waals surface area contributed by atoms with E-state index in [9.17, 15) is 9.59 Å². The maximum atomic E-state index is 11.6. The zero-order valence-electron chi connectivity index (χ0n) is 11.3. The number of aromatic nitrogens is 2. The molecule has 1 aliphatic carbocycles. The third-order valence-electron chi connectivity index (χ3n) is 3.66. The molecule has 0 saturated heterocycles. The largest absolute Gasteiger partial charge is 0.480 e. The van der Waals surface area contributed by atoms with Crippen molar-refractivity contribution in [2.24, 2.45) is 0 Å². The lowest BCUT2D eigenvalue weighted by Crippen LogP contribution is -2.61. The van der Waals surface area contributed by atoms with Gasteiger partial charge in [-0.2, -0.15) is 0 Å². The van der Waals surface area contributed by atoms with Crippen molar-refractivity contribution in [3.05, 3.63) is 18.7 Å². The number of nitrogens with zero attached hydrogens (tertiary/aromatic N) is 2. The van der Waals surface area contributed by atoms with Gasteiger partial charge < -0.3 is 20.3 Å². The van der Waals surface area contributed by atoms with Gasteiger partial charge in [-0.25, -0.2) is 14.6 Å². The number of imidazole rings is 1. The molecule has 3 N–H and O–H groups in total. The van der Waals surface area contributed by atoms with E-state index in [1.807, 2.05) is 10.8 Å². The van der Waals surface area contributed by atoms with E-state index < -0.39 is 17.5 Å². The van der Waals surface area contributed by atoms with E-state index in [-0.39, 0.29) is 0 Å². The maximum absolute atomic E-state index is 11.6. The number of carboxylic acids is 1. The first kappa shape index (κ1) is 14.4. The Bertz CT molecular complexity index is 454. The number of rotatable bonds is 7. The first-order valence-corrected chi connectivity index (χ1v) is 6.87. The van der Waals surface area contributed by atoms with Crippen LogP contribution in [0, 0.1) is 0 Å². The second kappa shape index (κ2) is 6.40. The lowest BCUT2D eigenvalue weighted by atomic mass is 9.77. The first-order valence-electron chi connectivity index (χ1n) is 6.87. The SMILES string of the molecule is O=C(NCCCCn1ccnc1)NC1(C(=O)O)CCC1. The fourth-order valence-electron chi connectivity index (χ4n) is 2.22. The van der Waals surface area contributed by atoms with E-state index in [2.05, 4.69) is 15.6 Å². The molecule has 0 atom stereocenters. The molecule has 1 fully saturated rings. The Kier molecular flexibility index (Phi) is 4.60. The van der Waals surface area contributed by atoms with Crippen molar-refractivity contribution in [3.8, 4) is 0 Å². The van der Waals surface area contributed by atoms with Gasteiger partial charge in [-0.15, -0.1) is 0 Å². The molecular weight excluding hydrogens is 260 g/mol. The normalized spacial score (nSPS) is 16.2. The van der Waals surface area contributed by atoms with Crippen LogP contribution < -0.4 is 10.6 Å². The molecule has 2 rings (SSSR count). The number of aliphatic carboxylic acids is 1. The van der Waals surface area contributed by atoms with E-state index >= 15 is 0 Å². The summed E-state index contributed by atoms with van der Waals surface area (Å²) >= 11 is 0. The highest BCUT2D eigenvalue weighted by atomic mass is 16.4. The molecule has 1 aliphatic rings. The third kappa shape index (κ3) is 3.49. The molecule has 0 aromatic carbocycles. The lowest BCUT2D eigenvalue weighted by molar-refractivity contribution is -0.148. The van der Waals surface area contributed by atoms with Crippen LogP contribution in [-0.2, 0) is 11.3 Å². The number of hydrogen-bond donors (Lipinski definition) is 3. The van der Waals surface area contributed by atoms with Crippen molar-refractivity contribution in [1.82, 2.24) is 20.2 Å². The minimum Gasteiger partial charge on any atom is -0.480 e. The fourth-order valence-corrected chi connectivity index (χ4v) is 2.22. The van der Waals surface area contributed by atoms with E-state index in [1.54, 1.807) is 12.5 Å². The minimum absolute atomic E-state index is 0.394. The van der Waals surface area contributed by atoms with Crippen molar-refractivity contribution in [1.29, 1.82) is 0 Å². The highest BCUT2D eigenvalue weighted by Gasteiger charge is 2.45. The number of unbranched alkanes of at least 4 members (excludes halogenated alkanes) is 1. The number of nitrogens with one attached hydrogen (secondary N) is 2. The highest BCUT2D eigenvalue weighted by Crippen LogP contribution is 2.31. The molecule has 1 aromatic rings. The van der Waals surface area contributed by atoms with Crippen LogP contribution in [0.15, 0.2) is 18.7 Å². The lowest BCUT2D eigenvalue weighted by Gasteiger charge is -2.38. The Balaban J connectivity index is 1.59. The number of carbonyl (C=O) groups is 2. The molecule has 1 aromatic heterocycles. The van der Waals surface area contributed by atoms with Gasteiger partial charge in [-0.1, -0.05) is 0 Å². The minimum atomic E-state index is -1.04. The summed E-state index contributed by atoms with van der Waals surface area (Å²) in [5.41, 5.74) is -1.04. The molecule has 0 spiro atoms. The van der Waals surface area contributed by atoms with E-state index in [1.165, 1.54) is 0 Å². The smallest absolute Gasteiger partial charge is 0.329 e. The van der Waals surface area contributed by atoms with E-state index in [0.29, 0.717) is 19.4 Å². The standard InChI is InChI=1S/C13H20N4O3/c18-11(19)13(4-3-5-13)16-12(20)15-6-1-2-8-17-9-7-14-10-17/h7,9-10H,1-6,8H2,(H,18,19)(H2,15,16,20). The molecule has 20 heavy (non-hydrogen) atoms. The first-order chi connectivity index (χ1) is 9.62. The number of amides is 2. The van der Waals surface area contributed by atoms with E-state index in [0.717, 1.165) is 25.8 Å². The van der Waals surface area contributed by atoms with Gasteiger partial charge >= 0.3 is 12.0 Å². The van der Waals surface area contributed by atoms with Crippen molar-refractivity contribution in [2.75, 3.05) is 6.54 Å². The van der Waals surface area contributed by atoms with Crippen LogP contribution in [0.3, 0.4) is 0 Å². The van der Waals surface area contributed by atoms with Gasteiger partial charge in [-0.05, 0) is 32.1 Å². The third-order valence-corrected chi connectivity index (χ3v) is 3.66. The molecule has 0 bridgehead atoms. The van der Waals surface area contributed by atoms with Gasteiger partial charge in [0.05, 0.1) is 6.33 Å². The van der Waals surface area contributed by atoms with Crippen LogP contribution in [0.2, 0.25) is 0 Å². The zero-order valence-corrected chi connectivity index (χ0v) is 11.3. The van der Waals surface area contributed by atoms with Gasteiger partial charge in [0, 0.05) is 25.5 Å². The van der Waals surface area contributed by atoms with Crippen LogP contribution in [-0.4, -0.2) is 38.7 Å². The number of aryl methyl sites for hydroxylation is 1. The average Bonchev–Trinajstić information content (AvgIpc) is 2.86. The average molecular weight is 280 g/mol. The quantitative estimate of drug-likeness (QED) is 0.648. The summed E-state index contributed by atoms with van der Waals surface area (Å²) in [5, 5.41) is 14.4. The second-order valence-corrected chi connectivity index (χ2v) is 5.13. The maximum Gasteiger partial charge on any atom is 0.329 e. The molecule has 1 heterocycles. The summed E-state index contributed by atoms with van der Waals surface area (Å²) in [7, 11) is 0. The van der Waals surface area contributed by atoms with Gasteiger partial charge in [0.2, 0.25) is 0 Å². The molecule has 7 nitrogen and oxygen atoms in total. The molecule has 110 valence electrons. The summed E-state index contributed by atoms with van der Waals surface area (Å²) in [6.07, 6.45) is 9.02. The highest BCUT2D eigenvalue weighted by molar-refractivity contribution is 5.87. The van der Waals surface area contributed by atoms with Gasteiger partial charge in [0.15, 0.2) is 0 Å². The predicted molar refractivity (Wildman–Crippen MR) is 72.2 cm³/mol. The Morgan fingerprint density at radius 1 is 1.35 bits per heavy atom. The van der Waals surface area contributed by atoms with Crippen molar-refractivity contribution in [3.63, 3.8) is 0 Å². The fraction of sp³-hybridized carbons (Fsp3) is 0.615. The number of carbonyl (C=O) groups excluding carboxylic acids is 1. The second-order valence-electron chi connectivity index (χ2n) is 5.13. The summed E-state index contributed by atoms with van der Waals surface area (Å²) in [6.45, 7) is 1.40. The summed E-state index contributed by atoms with van der Waals surface area (Å²) in [5.74, 6) is -0.945. The summed E-state index contributed by atoms with van der Waals surface area (Å²) in [4.78, 5) is 26.7. The monoisotopic (exact) mass is 280 g/mol. The zero-order chi connectivity index (χ0) is 14.4. The van der Waals surface area contributed by atoms with Gasteiger partial charge in [-0.3, -0.25) is 0 Å². The Morgan fingerprint density at radius 2 is 2.15 bits per heavy atom. The topological polar surface area (TPSA) is 96.3 Å². The summed E-state index contributed by atoms with van der Waals surface area (Å²) < 4.78 is 1.98. The van der Waals surface area contributed by atoms with Crippen molar-refractivity contribution < 1.29 is 14.7 Å². The molecule has 0 unspecified atom stereocenters. The molecule has 1 saturated carbocycles. The Hall–Kier alpha value is -2.05. The van der Waals surface area contributed by atoms with Crippen LogP contribution in [0.4, 0.5) is 4.79 Å². The van der Waals surface area contributed by atoms with Gasteiger partial charge in [0.25, 0.3) is 0 Å². The van der Waals surface area contributed by atoms with Crippen molar-refractivity contribution in [2.45, 2.75) is 44.2 Å². The van der Waals surface area contributed by atoms with Gasteiger partial charge in [0.1, 0.15) is 5.54 Å². The number of hydrogen-bond acceptors (Lipinski definition) is 3. The Labute approximate surface area is 117 Å². The van der Waals surface area contributed by atoms with Crippen molar-refractivity contribution >= 4 is 12.0 Å². The molecule has 0 aliphatic heterocycles. The van der Waals surface area contributed by atoms with Crippen LogP contribution in [0.5, 0.6) is 0 Å². The Morgan fingerprint density at radius 3 is 2.70 bits per heavy atom. The van der Waals surface area contributed by atoms with E-state index in [4.69, 9.17) is 5.11 Å². The number of urea groups is 1. The molecular formula is C13H20N4O3. The van der Waals surface area contributed by atoms with Crippen LogP contribution >= 0.6 is 0 Å².